The Balaban J connectivity index is 1.62. The van der Waals surface area contributed by atoms with Gasteiger partial charge in [-0.2, -0.15) is 0 Å². The van der Waals surface area contributed by atoms with Crippen molar-refractivity contribution >= 4 is 23.1 Å². The van der Waals surface area contributed by atoms with Crippen molar-refractivity contribution in [3.05, 3.63) is 118 Å². The highest BCUT2D eigenvalue weighted by molar-refractivity contribution is 5.80. The summed E-state index contributed by atoms with van der Waals surface area (Å²) in [5, 5.41) is 0.535. The van der Waals surface area contributed by atoms with Crippen molar-refractivity contribution < 1.29 is 14.2 Å². The third-order valence-electron chi connectivity index (χ3n) is 6.36. The van der Waals surface area contributed by atoms with Gasteiger partial charge in [0.2, 0.25) is 5.75 Å². The maximum atomic E-state index is 13.8. The summed E-state index contributed by atoms with van der Waals surface area (Å²) in [6.07, 6.45) is 7.11. The lowest BCUT2D eigenvalue weighted by Gasteiger charge is -2.15. The molecule has 0 aliphatic rings. The third kappa shape index (κ3) is 5.29. The van der Waals surface area contributed by atoms with Gasteiger partial charge in [0.05, 0.1) is 37.9 Å². The van der Waals surface area contributed by atoms with E-state index in [1.165, 1.54) is 0 Å². The van der Waals surface area contributed by atoms with Crippen molar-refractivity contribution in [3.63, 3.8) is 0 Å². The minimum atomic E-state index is -0.160. The second kappa shape index (κ2) is 11.6. The lowest BCUT2D eigenvalue weighted by molar-refractivity contribution is 0.324. The lowest BCUT2D eigenvalue weighted by Crippen LogP contribution is -2.23. The van der Waals surface area contributed by atoms with Crippen molar-refractivity contribution in [1.29, 1.82) is 0 Å². The highest BCUT2D eigenvalue weighted by Gasteiger charge is 2.15. The van der Waals surface area contributed by atoms with E-state index in [2.05, 4.69) is 16.8 Å². The number of pyridine rings is 1. The van der Waals surface area contributed by atoms with Crippen molar-refractivity contribution in [2.24, 2.45) is 0 Å². The van der Waals surface area contributed by atoms with Gasteiger partial charge in [0.15, 0.2) is 11.5 Å². The van der Waals surface area contributed by atoms with Crippen LogP contribution in [-0.4, -0.2) is 35.9 Å². The molecule has 0 saturated carbocycles. The van der Waals surface area contributed by atoms with E-state index in [4.69, 9.17) is 19.2 Å². The maximum absolute atomic E-state index is 13.8. The average Bonchev–Trinajstić information content (AvgIpc) is 2.99. The zero-order valence-corrected chi connectivity index (χ0v) is 22.6. The molecule has 0 saturated heterocycles. The van der Waals surface area contributed by atoms with Gasteiger partial charge in [-0.3, -0.25) is 14.3 Å². The monoisotopic (exact) mass is 529 g/mol. The molecule has 3 aromatic carbocycles. The Morgan fingerprint density at radius 1 is 0.825 bits per heavy atom. The van der Waals surface area contributed by atoms with Gasteiger partial charge >= 0.3 is 0 Å². The molecule has 0 aliphatic carbocycles. The number of hydrogen-bond acceptors (Lipinski definition) is 6. The molecule has 7 heteroatoms. The predicted octanol–water partition coefficient (Wildman–Crippen LogP) is 5.69. The Bertz CT molecular complexity index is 1820. The van der Waals surface area contributed by atoms with Gasteiger partial charge in [-0.05, 0) is 78.7 Å². The largest absolute Gasteiger partial charge is 0.493 e. The Kier molecular flexibility index (Phi) is 7.61. The fraction of sp³-hybridized carbons (Fsp3) is 0.121. The molecule has 0 radical (unpaired) electrons. The minimum absolute atomic E-state index is 0.160. The van der Waals surface area contributed by atoms with E-state index in [1.54, 1.807) is 44.4 Å². The average molecular weight is 530 g/mol. The second-order valence-electron chi connectivity index (χ2n) is 8.91. The van der Waals surface area contributed by atoms with Crippen LogP contribution in [0.2, 0.25) is 0 Å². The Hall–Kier alpha value is -5.35. The highest BCUT2D eigenvalue weighted by Crippen LogP contribution is 2.38. The lowest BCUT2D eigenvalue weighted by atomic mass is 10.1. The van der Waals surface area contributed by atoms with Gasteiger partial charge in [0.25, 0.3) is 5.56 Å². The van der Waals surface area contributed by atoms with E-state index in [9.17, 15) is 4.79 Å². The standard InChI is InChI=1S/C33H27N3O4/c1-22-18-23(11-12-24-8-7-17-34-21-24)13-15-28(22)36-31(35-27-10-6-5-9-26(27)33(36)37)16-14-25-19-29(38-2)32(40-4)30(20-25)39-3/h5-10,13-21H,1-4H3/b16-14+. The molecule has 2 aromatic heterocycles. The van der Waals surface area contributed by atoms with Crippen LogP contribution in [0.4, 0.5) is 0 Å². The van der Waals surface area contributed by atoms with Crippen LogP contribution in [0.25, 0.3) is 28.7 Å². The molecule has 0 unspecified atom stereocenters. The number of fused-ring (bicyclic) bond motifs is 1. The summed E-state index contributed by atoms with van der Waals surface area (Å²) in [6.45, 7) is 1.96. The summed E-state index contributed by atoms with van der Waals surface area (Å²) < 4.78 is 18.1. The number of aromatic nitrogens is 3. The molecule has 0 amide bonds. The number of para-hydroxylation sites is 1. The summed E-state index contributed by atoms with van der Waals surface area (Å²) in [5.74, 6) is 8.35. The third-order valence-corrected chi connectivity index (χ3v) is 6.36. The van der Waals surface area contributed by atoms with Crippen LogP contribution in [0.1, 0.15) is 28.1 Å². The molecular formula is C33H27N3O4. The fourth-order valence-electron chi connectivity index (χ4n) is 4.43. The van der Waals surface area contributed by atoms with Gasteiger partial charge in [-0.25, -0.2) is 4.98 Å². The van der Waals surface area contributed by atoms with Gasteiger partial charge in [-0.1, -0.05) is 30.0 Å². The highest BCUT2D eigenvalue weighted by atomic mass is 16.5. The predicted molar refractivity (Wildman–Crippen MR) is 157 cm³/mol. The number of rotatable bonds is 6. The normalized spacial score (nSPS) is 10.8. The zero-order chi connectivity index (χ0) is 28.1. The molecule has 40 heavy (non-hydrogen) atoms. The number of nitrogens with zero attached hydrogens (tertiary/aromatic N) is 3. The number of aryl methyl sites for hydroxylation is 1. The van der Waals surface area contributed by atoms with Crippen LogP contribution in [0.5, 0.6) is 17.2 Å². The smallest absolute Gasteiger partial charge is 0.266 e. The van der Waals surface area contributed by atoms with Gasteiger partial charge in [-0.15, -0.1) is 0 Å². The number of methoxy groups -OCH3 is 3. The molecule has 2 heterocycles. The minimum Gasteiger partial charge on any atom is -0.493 e. The Labute approximate surface area is 232 Å². The Morgan fingerprint density at radius 2 is 1.57 bits per heavy atom. The van der Waals surface area contributed by atoms with Crippen LogP contribution in [0.3, 0.4) is 0 Å². The van der Waals surface area contributed by atoms with Gasteiger partial charge in [0.1, 0.15) is 5.82 Å². The number of benzene rings is 3. The van der Waals surface area contributed by atoms with Crippen LogP contribution >= 0.6 is 0 Å². The quantitative estimate of drug-likeness (QED) is 0.263. The van der Waals surface area contributed by atoms with Gasteiger partial charge in [0, 0.05) is 23.5 Å². The molecule has 0 spiro atoms. The van der Waals surface area contributed by atoms with E-state index in [-0.39, 0.29) is 5.56 Å². The van der Waals surface area contributed by atoms with E-state index >= 15 is 0 Å². The molecule has 5 rings (SSSR count). The first-order chi connectivity index (χ1) is 19.5. The SMILES string of the molecule is COc1cc(/C=C/c2nc3ccccc3c(=O)n2-c2ccc(C#Cc3cccnc3)cc2C)cc(OC)c1OC. The maximum Gasteiger partial charge on any atom is 0.266 e. The fourth-order valence-corrected chi connectivity index (χ4v) is 4.43. The first-order valence-corrected chi connectivity index (χ1v) is 12.6. The van der Waals surface area contributed by atoms with E-state index in [1.807, 2.05) is 79.7 Å². The van der Waals surface area contributed by atoms with Crippen molar-refractivity contribution in [3.8, 4) is 34.8 Å². The molecule has 7 nitrogen and oxygen atoms in total. The summed E-state index contributed by atoms with van der Waals surface area (Å²) in [5.41, 5.74) is 4.53. The van der Waals surface area contributed by atoms with Crippen LogP contribution < -0.4 is 19.8 Å². The van der Waals surface area contributed by atoms with Gasteiger partial charge < -0.3 is 14.2 Å². The number of hydrogen-bond donors (Lipinski definition) is 0. The van der Waals surface area contributed by atoms with Crippen LogP contribution in [0, 0.1) is 18.8 Å². The molecule has 5 aromatic rings. The number of ether oxygens (including phenoxy) is 3. The van der Waals surface area contributed by atoms with E-state index in [0.717, 1.165) is 27.9 Å². The topological polar surface area (TPSA) is 75.5 Å². The second-order valence-corrected chi connectivity index (χ2v) is 8.91. The van der Waals surface area contributed by atoms with Crippen molar-refractivity contribution in [1.82, 2.24) is 14.5 Å². The molecule has 0 N–H and O–H groups in total. The Morgan fingerprint density at radius 3 is 2.25 bits per heavy atom. The van der Waals surface area contributed by atoms with Crippen LogP contribution in [0.15, 0.2) is 83.9 Å². The molecule has 198 valence electrons. The zero-order valence-electron chi connectivity index (χ0n) is 22.6. The summed E-state index contributed by atoms with van der Waals surface area (Å²) in [7, 11) is 4.70. The molecular weight excluding hydrogens is 502 g/mol. The first-order valence-electron chi connectivity index (χ1n) is 12.6. The van der Waals surface area contributed by atoms with Crippen molar-refractivity contribution in [2.75, 3.05) is 21.3 Å². The molecule has 0 aliphatic heterocycles. The van der Waals surface area contributed by atoms with Crippen molar-refractivity contribution in [2.45, 2.75) is 6.92 Å². The first kappa shape index (κ1) is 26.3. The molecule has 0 atom stereocenters. The molecule has 0 fully saturated rings. The summed E-state index contributed by atoms with van der Waals surface area (Å²) >= 11 is 0. The van der Waals surface area contributed by atoms with Crippen LogP contribution in [-0.2, 0) is 0 Å². The molecule has 0 bridgehead atoms. The van der Waals surface area contributed by atoms with E-state index in [0.29, 0.717) is 34.0 Å². The summed E-state index contributed by atoms with van der Waals surface area (Å²) in [6, 6.07) is 20.5. The summed E-state index contributed by atoms with van der Waals surface area (Å²) in [4.78, 5) is 22.7. The van der Waals surface area contributed by atoms with E-state index < -0.39 is 0 Å².